The first-order valence-corrected chi connectivity index (χ1v) is 10.4. The van der Waals surface area contributed by atoms with E-state index >= 15 is 0 Å². The average Bonchev–Trinajstić information content (AvgIpc) is 2.99. The van der Waals surface area contributed by atoms with E-state index < -0.39 is 0 Å². The highest BCUT2D eigenvalue weighted by Gasteiger charge is 2.36. The summed E-state index contributed by atoms with van der Waals surface area (Å²) in [5, 5.41) is 0. The highest BCUT2D eigenvalue weighted by atomic mass is 14.4. The second-order valence-electron chi connectivity index (χ2n) is 8.63. The molecule has 21 heavy (non-hydrogen) atoms. The first-order valence-electron chi connectivity index (χ1n) is 10.4. The molecule has 0 radical (unpaired) electrons. The number of hydrogen-bond donors (Lipinski definition) is 0. The third-order valence-corrected chi connectivity index (χ3v) is 7.45. The van der Waals surface area contributed by atoms with Gasteiger partial charge in [0.1, 0.15) is 0 Å². The summed E-state index contributed by atoms with van der Waals surface area (Å²) in [6.07, 6.45) is 23.2. The fraction of sp³-hybridized carbons (Fsp3) is 1.00. The van der Waals surface area contributed by atoms with Gasteiger partial charge in [0.15, 0.2) is 0 Å². The van der Waals surface area contributed by atoms with E-state index in [0.29, 0.717) is 0 Å². The number of hydrogen-bond acceptors (Lipinski definition) is 0. The summed E-state index contributed by atoms with van der Waals surface area (Å²) >= 11 is 0. The molecular formula is C21H38. The van der Waals surface area contributed by atoms with Crippen LogP contribution in [0.25, 0.3) is 0 Å². The lowest BCUT2D eigenvalue weighted by Gasteiger charge is -2.37. The van der Waals surface area contributed by atoms with Crippen LogP contribution < -0.4 is 0 Å². The molecule has 3 fully saturated rings. The minimum absolute atomic E-state index is 1.05. The molecule has 122 valence electrons. The zero-order valence-corrected chi connectivity index (χ0v) is 14.5. The Bertz CT molecular complexity index is 294. The molecule has 3 aliphatic rings. The van der Waals surface area contributed by atoms with Gasteiger partial charge in [0.05, 0.1) is 0 Å². The van der Waals surface area contributed by atoms with Gasteiger partial charge in [-0.1, -0.05) is 84.0 Å². The van der Waals surface area contributed by atoms with Crippen LogP contribution in [0.15, 0.2) is 0 Å². The Hall–Kier alpha value is 0. The van der Waals surface area contributed by atoms with Crippen LogP contribution in [0.5, 0.6) is 0 Å². The Morgan fingerprint density at radius 2 is 1.05 bits per heavy atom. The largest absolute Gasteiger partial charge is 0.0651 e. The molecule has 0 aliphatic heterocycles. The molecule has 0 saturated heterocycles. The summed E-state index contributed by atoms with van der Waals surface area (Å²) in [7, 11) is 0. The van der Waals surface area contributed by atoms with Crippen molar-refractivity contribution in [3.63, 3.8) is 0 Å². The molecule has 5 atom stereocenters. The van der Waals surface area contributed by atoms with Crippen molar-refractivity contribution in [3.05, 3.63) is 0 Å². The Morgan fingerprint density at radius 1 is 0.524 bits per heavy atom. The zero-order valence-electron chi connectivity index (χ0n) is 14.5. The Labute approximate surface area is 133 Å². The van der Waals surface area contributed by atoms with Crippen LogP contribution in [0.3, 0.4) is 0 Å². The standard InChI is InChI=1S/C21H38/c1-2-17-8-4-3-5-10-18(11-6-9-17)21-15-14-19-12-7-13-20(19)16-21/h17-21H,2-16H2,1H3. The lowest BCUT2D eigenvalue weighted by molar-refractivity contribution is 0.137. The molecule has 0 heterocycles. The molecule has 5 unspecified atom stereocenters. The molecule has 0 heteroatoms. The summed E-state index contributed by atoms with van der Waals surface area (Å²) in [5.74, 6) is 5.55. The molecule has 3 aliphatic carbocycles. The molecule has 0 aromatic heterocycles. The smallest absolute Gasteiger partial charge is 0.0383 e. The third kappa shape index (κ3) is 4.26. The number of fused-ring (bicyclic) bond motifs is 1. The monoisotopic (exact) mass is 290 g/mol. The predicted molar refractivity (Wildman–Crippen MR) is 92.4 cm³/mol. The fourth-order valence-electron chi connectivity index (χ4n) is 6.02. The Kier molecular flexibility index (Phi) is 6.07. The average molecular weight is 291 g/mol. The Morgan fingerprint density at radius 3 is 1.90 bits per heavy atom. The van der Waals surface area contributed by atoms with Crippen molar-refractivity contribution in [1.82, 2.24) is 0 Å². The second-order valence-corrected chi connectivity index (χ2v) is 8.63. The third-order valence-electron chi connectivity index (χ3n) is 7.45. The van der Waals surface area contributed by atoms with Crippen molar-refractivity contribution >= 4 is 0 Å². The molecular weight excluding hydrogens is 252 g/mol. The lowest BCUT2D eigenvalue weighted by Crippen LogP contribution is -2.26. The van der Waals surface area contributed by atoms with Gasteiger partial charge in [-0.15, -0.1) is 0 Å². The predicted octanol–water partition coefficient (Wildman–Crippen LogP) is 6.98. The summed E-state index contributed by atoms with van der Waals surface area (Å²) < 4.78 is 0. The maximum atomic E-state index is 2.41. The maximum absolute atomic E-state index is 2.41. The molecule has 0 bridgehead atoms. The van der Waals surface area contributed by atoms with Crippen molar-refractivity contribution in [2.24, 2.45) is 29.6 Å². The topological polar surface area (TPSA) is 0 Å². The van der Waals surface area contributed by atoms with E-state index in [-0.39, 0.29) is 0 Å². The van der Waals surface area contributed by atoms with Gasteiger partial charge in [-0.05, 0) is 48.9 Å². The zero-order chi connectivity index (χ0) is 14.5. The highest BCUT2D eigenvalue weighted by Crippen LogP contribution is 2.48. The van der Waals surface area contributed by atoms with Crippen LogP contribution in [-0.4, -0.2) is 0 Å². The summed E-state index contributed by atoms with van der Waals surface area (Å²) in [5.41, 5.74) is 0. The van der Waals surface area contributed by atoms with E-state index in [1.54, 1.807) is 51.4 Å². The normalized spacial score (nSPS) is 42.4. The number of rotatable bonds is 2. The van der Waals surface area contributed by atoms with Crippen molar-refractivity contribution in [1.29, 1.82) is 0 Å². The van der Waals surface area contributed by atoms with Crippen LogP contribution in [-0.2, 0) is 0 Å². The van der Waals surface area contributed by atoms with Gasteiger partial charge in [0, 0.05) is 0 Å². The first-order chi connectivity index (χ1) is 10.4. The van der Waals surface area contributed by atoms with E-state index in [9.17, 15) is 0 Å². The van der Waals surface area contributed by atoms with E-state index in [0.717, 1.165) is 29.6 Å². The molecule has 0 aromatic carbocycles. The summed E-state index contributed by atoms with van der Waals surface area (Å²) in [6, 6.07) is 0. The van der Waals surface area contributed by atoms with Crippen molar-refractivity contribution < 1.29 is 0 Å². The second kappa shape index (κ2) is 8.02. The van der Waals surface area contributed by atoms with Gasteiger partial charge in [0.2, 0.25) is 0 Å². The van der Waals surface area contributed by atoms with Gasteiger partial charge < -0.3 is 0 Å². The fourth-order valence-corrected chi connectivity index (χ4v) is 6.02. The highest BCUT2D eigenvalue weighted by molar-refractivity contribution is 4.87. The van der Waals surface area contributed by atoms with E-state index in [4.69, 9.17) is 0 Å². The quantitative estimate of drug-likeness (QED) is 0.514. The minimum Gasteiger partial charge on any atom is -0.0651 e. The van der Waals surface area contributed by atoms with E-state index in [1.165, 1.54) is 44.9 Å². The molecule has 0 aromatic rings. The van der Waals surface area contributed by atoms with Crippen LogP contribution in [0.2, 0.25) is 0 Å². The molecule has 3 saturated carbocycles. The van der Waals surface area contributed by atoms with Gasteiger partial charge in [-0.25, -0.2) is 0 Å². The van der Waals surface area contributed by atoms with Crippen LogP contribution in [0, 0.1) is 29.6 Å². The van der Waals surface area contributed by atoms with Crippen molar-refractivity contribution in [2.45, 2.75) is 103 Å². The Balaban J connectivity index is 1.52. The van der Waals surface area contributed by atoms with Crippen LogP contribution in [0.4, 0.5) is 0 Å². The molecule has 0 amide bonds. The van der Waals surface area contributed by atoms with E-state index in [2.05, 4.69) is 6.92 Å². The molecule has 3 rings (SSSR count). The van der Waals surface area contributed by atoms with Crippen molar-refractivity contribution in [3.8, 4) is 0 Å². The molecule has 0 nitrogen and oxygen atoms in total. The van der Waals surface area contributed by atoms with Crippen LogP contribution >= 0.6 is 0 Å². The van der Waals surface area contributed by atoms with E-state index in [1.807, 2.05) is 0 Å². The minimum atomic E-state index is 1.05. The summed E-state index contributed by atoms with van der Waals surface area (Å²) in [4.78, 5) is 0. The SMILES string of the molecule is CCC1CCCCCC(C2CCC3CCCC3C2)CCC1. The molecule has 0 spiro atoms. The van der Waals surface area contributed by atoms with Crippen molar-refractivity contribution in [2.75, 3.05) is 0 Å². The maximum Gasteiger partial charge on any atom is -0.0383 e. The van der Waals surface area contributed by atoms with Gasteiger partial charge in [-0.2, -0.15) is 0 Å². The lowest BCUT2D eigenvalue weighted by atomic mass is 9.68. The van der Waals surface area contributed by atoms with Crippen LogP contribution in [0.1, 0.15) is 103 Å². The van der Waals surface area contributed by atoms with Gasteiger partial charge in [0.25, 0.3) is 0 Å². The summed E-state index contributed by atoms with van der Waals surface area (Å²) in [6.45, 7) is 2.41. The van der Waals surface area contributed by atoms with Gasteiger partial charge >= 0.3 is 0 Å². The van der Waals surface area contributed by atoms with Gasteiger partial charge in [-0.3, -0.25) is 0 Å². The first kappa shape index (κ1) is 15.9. The molecule has 0 N–H and O–H groups in total.